The van der Waals surface area contributed by atoms with E-state index in [1.54, 1.807) is 0 Å². The van der Waals surface area contributed by atoms with Crippen LogP contribution in [0.3, 0.4) is 0 Å². The van der Waals surface area contributed by atoms with Crippen LogP contribution in [0.15, 0.2) is 0 Å². The Hall–Kier alpha value is -0.690. The minimum atomic E-state index is -0.260. The molecule has 2 spiro atoms. The third-order valence-electron chi connectivity index (χ3n) is 14.9. The first-order valence-electron chi connectivity index (χ1n) is 19.9. The van der Waals surface area contributed by atoms with Crippen LogP contribution in [-0.2, 0) is 19.0 Å². The minimum Gasteiger partial charge on any atom is -0.400 e. The molecular formula is C40H71NO5. The SMILES string of the molecule is CC.CC.CCC1CC[C@H]2C(CC3C4CCC5C(C)(C)[C@@H](OC6CN(C(=O)CC7CC7)CCO6)CC[C@@]56C[C@@]46CCC32C)O1.CO. The lowest BCUT2D eigenvalue weighted by Gasteiger charge is -2.60. The predicted octanol–water partition coefficient (Wildman–Crippen LogP) is 8.63. The van der Waals surface area contributed by atoms with E-state index in [9.17, 15) is 4.79 Å². The number of nitrogens with zero attached hydrogens (tertiary/aromatic N) is 1. The number of ether oxygens (including phenoxy) is 3. The predicted molar refractivity (Wildman–Crippen MR) is 185 cm³/mol. The molecule has 46 heavy (non-hydrogen) atoms. The molecule has 0 aromatic carbocycles. The third kappa shape index (κ3) is 5.93. The van der Waals surface area contributed by atoms with Gasteiger partial charge in [0.05, 0.1) is 31.5 Å². The van der Waals surface area contributed by atoms with Crippen molar-refractivity contribution in [1.82, 2.24) is 4.90 Å². The van der Waals surface area contributed by atoms with Crippen molar-refractivity contribution in [3.63, 3.8) is 0 Å². The summed E-state index contributed by atoms with van der Waals surface area (Å²) in [6.07, 6.45) is 19.1. The summed E-state index contributed by atoms with van der Waals surface area (Å²) in [5.41, 5.74) is 1.79. The first-order chi connectivity index (χ1) is 22.2. The van der Waals surface area contributed by atoms with Gasteiger partial charge in [0, 0.05) is 20.1 Å². The number of amides is 1. The van der Waals surface area contributed by atoms with Crippen LogP contribution in [-0.4, -0.2) is 67.3 Å². The summed E-state index contributed by atoms with van der Waals surface area (Å²) in [5, 5.41) is 7.00. The molecule has 0 aromatic rings. The number of hydrogen-bond acceptors (Lipinski definition) is 5. The Bertz CT molecular complexity index is 1030. The van der Waals surface area contributed by atoms with Crippen molar-refractivity contribution in [2.75, 3.05) is 26.8 Å². The van der Waals surface area contributed by atoms with E-state index in [4.69, 9.17) is 19.3 Å². The van der Waals surface area contributed by atoms with Gasteiger partial charge in [0.2, 0.25) is 5.91 Å². The molecule has 2 aliphatic heterocycles. The Kier molecular flexibility index (Phi) is 11.4. The van der Waals surface area contributed by atoms with Gasteiger partial charge in [0.1, 0.15) is 0 Å². The van der Waals surface area contributed by atoms with Crippen LogP contribution < -0.4 is 0 Å². The Morgan fingerprint density at radius 2 is 1.59 bits per heavy atom. The Balaban J connectivity index is 0.000000658. The molecule has 8 rings (SSSR count). The summed E-state index contributed by atoms with van der Waals surface area (Å²) >= 11 is 0. The van der Waals surface area contributed by atoms with Crippen LogP contribution in [0, 0.1) is 51.2 Å². The van der Waals surface area contributed by atoms with Gasteiger partial charge in [-0.05, 0) is 135 Å². The molecular weight excluding hydrogens is 574 g/mol. The largest absolute Gasteiger partial charge is 0.400 e. The second kappa shape index (κ2) is 14.3. The van der Waals surface area contributed by atoms with E-state index in [2.05, 4.69) is 27.7 Å². The van der Waals surface area contributed by atoms with Gasteiger partial charge < -0.3 is 24.2 Å². The molecule has 6 aliphatic carbocycles. The highest BCUT2D eigenvalue weighted by molar-refractivity contribution is 5.76. The molecule has 2 saturated heterocycles. The number of aliphatic hydroxyl groups is 1. The van der Waals surface area contributed by atoms with Crippen molar-refractivity contribution in [2.45, 2.75) is 170 Å². The number of carbonyl (C=O) groups is 1. The first-order valence-corrected chi connectivity index (χ1v) is 19.9. The second-order valence-electron chi connectivity index (χ2n) is 16.7. The molecule has 6 heteroatoms. The monoisotopic (exact) mass is 646 g/mol. The lowest BCUT2D eigenvalue weighted by atomic mass is 9.46. The fraction of sp³-hybridized carbons (Fsp3) is 0.975. The van der Waals surface area contributed by atoms with Crippen molar-refractivity contribution in [2.24, 2.45) is 51.2 Å². The van der Waals surface area contributed by atoms with Crippen LogP contribution in [0.2, 0.25) is 0 Å². The molecule has 0 bridgehead atoms. The van der Waals surface area contributed by atoms with Crippen LogP contribution in [0.4, 0.5) is 0 Å². The van der Waals surface area contributed by atoms with Gasteiger partial charge in [-0.15, -0.1) is 0 Å². The molecule has 7 unspecified atom stereocenters. The van der Waals surface area contributed by atoms with E-state index in [1.165, 1.54) is 77.0 Å². The first kappa shape index (κ1) is 36.6. The third-order valence-corrected chi connectivity index (χ3v) is 14.9. The molecule has 0 radical (unpaired) electrons. The number of morpholine rings is 1. The van der Waals surface area contributed by atoms with E-state index in [-0.39, 0.29) is 17.8 Å². The Morgan fingerprint density at radius 3 is 2.28 bits per heavy atom. The quantitative estimate of drug-likeness (QED) is 0.324. The molecule has 0 aromatic heterocycles. The molecule has 266 valence electrons. The van der Waals surface area contributed by atoms with Crippen LogP contribution in [0.5, 0.6) is 0 Å². The lowest BCUT2D eigenvalue weighted by Crippen LogP contribution is -2.56. The maximum absolute atomic E-state index is 12.8. The van der Waals surface area contributed by atoms with Crippen LogP contribution in [0.1, 0.15) is 145 Å². The van der Waals surface area contributed by atoms with Gasteiger partial charge in [-0.2, -0.15) is 0 Å². The zero-order valence-corrected chi connectivity index (χ0v) is 31.2. The average molecular weight is 646 g/mol. The maximum atomic E-state index is 12.8. The summed E-state index contributed by atoms with van der Waals surface area (Å²) in [6.45, 7) is 20.0. The Labute approximate surface area is 282 Å². The number of hydrogen-bond donors (Lipinski definition) is 1. The summed E-state index contributed by atoms with van der Waals surface area (Å²) in [6, 6.07) is 0. The number of rotatable bonds is 5. The molecule has 1 N–H and O–H groups in total. The van der Waals surface area contributed by atoms with Crippen molar-refractivity contribution in [3.8, 4) is 0 Å². The molecule has 11 atom stereocenters. The summed E-state index contributed by atoms with van der Waals surface area (Å²) in [5.74, 6) is 4.29. The fourth-order valence-corrected chi connectivity index (χ4v) is 12.6. The fourth-order valence-electron chi connectivity index (χ4n) is 12.6. The lowest BCUT2D eigenvalue weighted by molar-refractivity contribution is -0.244. The van der Waals surface area contributed by atoms with Crippen molar-refractivity contribution in [3.05, 3.63) is 0 Å². The zero-order valence-electron chi connectivity index (χ0n) is 31.2. The average Bonchev–Trinajstić information content (AvgIpc) is 4.00. The van der Waals surface area contributed by atoms with E-state index in [0.717, 1.165) is 50.2 Å². The molecule has 1 amide bonds. The Morgan fingerprint density at radius 1 is 0.870 bits per heavy atom. The van der Waals surface area contributed by atoms with Gasteiger partial charge in [0.15, 0.2) is 6.29 Å². The summed E-state index contributed by atoms with van der Waals surface area (Å²) < 4.78 is 19.7. The normalized spacial score (nSPS) is 46.1. The second-order valence-corrected chi connectivity index (χ2v) is 16.7. The standard InChI is InChI=1S/C35H55NO4.2C2H6.CH4O/c1-5-23-8-9-25-27(39-23)19-26-24-10-11-28-32(2,3)29(12-13-35(28)21-34(24,35)15-14-33(25,26)4)40-31-20-36(16-17-38-31)30(37)18-22-6-7-22;3*1-2/h22-29,31H,5-21H2,1-4H3;2*1-2H3;2H,1H3/t23?,24?,25-,26?,27?,28?,29-,31?,33?,34-,35+;;;/m0.../s1. The van der Waals surface area contributed by atoms with Gasteiger partial charge in [0.25, 0.3) is 0 Å². The van der Waals surface area contributed by atoms with E-state index in [1.807, 2.05) is 32.6 Å². The summed E-state index contributed by atoms with van der Waals surface area (Å²) in [4.78, 5) is 14.8. The highest BCUT2D eigenvalue weighted by Crippen LogP contribution is 2.87. The minimum absolute atomic E-state index is 0.151. The van der Waals surface area contributed by atoms with Gasteiger partial charge in [-0.3, -0.25) is 4.79 Å². The van der Waals surface area contributed by atoms with E-state index >= 15 is 0 Å². The van der Waals surface area contributed by atoms with Crippen LogP contribution in [0.25, 0.3) is 0 Å². The maximum Gasteiger partial charge on any atom is 0.223 e. The van der Waals surface area contributed by atoms with Crippen molar-refractivity contribution >= 4 is 5.91 Å². The van der Waals surface area contributed by atoms with E-state index < -0.39 is 0 Å². The zero-order chi connectivity index (χ0) is 33.5. The molecule has 6 nitrogen and oxygen atoms in total. The van der Waals surface area contributed by atoms with Gasteiger partial charge >= 0.3 is 0 Å². The topological polar surface area (TPSA) is 68.2 Å². The van der Waals surface area contributed by atoms with Crippen molar-refractivity contribution in [1.29, 1.82) is 0 Å². The van der Waals surface area contributed by atoms with Gasteiger partial charge in [-0.1, -0.05) is 55.4 Å². The molecule has 8 aliphatic rings. The molecule has 2 heterocycles. The summed E-state index contributed by atoms with van der Waals surface area (Å²) in [7, 11) is 1.00. The van der Waals surface area contributed by atoms with Crippen LogP contribution >= 0.6 is 0 Å². The number of carbonyl (C=O) groups excluding carboxylic acids is 1. The van der Waals surface area contributed by atoms with E-state index in [0.29, 0.717) is 53.4 Å². The highest BCUT2D eigenvalue weighted by atomic mass is 16.7. The highest BCUT2D eigenvalue weighted by Gasteiger charge is 2.80. The van der Waals surface area contributed by atoms with Crippen molar-refractivity contribution < 1.29 is 24.1 Å². The number of aliphatic hydroxyl groups excluding tert-OH is 1. The van der Waals surface area contributed by atoms with Gasteiger partial charge in [-0.25, -0.2) is 0 Å². The molecule has 6 saturated carbocycles. The number of fused-ring (bicyclic) bond motifs is 4. The molecule has 8 fully saturated rings. The smallest absolute Gasteiger partial charge is 0.223 e.